The van der Waals surface area contributed by atoms with Crippen molar-refractivity contribution in [1.29, 1.82) is 0 Å². The molecule has 5 heteroatoms. The van der Waals surface area contributed by atoms with Crippen LogP contribution < -0.4 is 0 Å². The minimum Gasteiger partial charge on any atom is -0.457 e. The minimum atomic E-state index is -0.512. The fourth-order valence-corrected chi connectivity index (χ4v) is 1.35. The summed E-state index contributed by atoms with van der Waals surface area (Å²) in [6.07, 6.45) is 0. The SMILES string of the molecule is CC(=O)OCC(=O)c1cc(Cl)ccc1Cl. The zero-order valence-corrected chi connectivity index (χ0v) is 9.43. The molecular weight excluding hydrogens is 239 g/mol. The molecule has 0 N–H and O–H groups in total. The number of hydrogen-bond donors (Lipinski definition) is 0. The third-order valence-electron chi connectivity index (χ3n) is 1.64. The topological polar surface area (TPSA) is 43.4 Å². The molecule has 0 heterocycles. The third-order valence-corrected chi connectivity index (χ3v) is 2.20. The number of rotatable bonds is 3. The van der Waals surface area contributed by atoms with Crippen LogP contribution in [-0.2, 0) is 9.53 Å². The van der Waals surface area contributed by atoms with Gasteiger partial charge in [0.1, 0.15) is 0 Å². The van der Waals surface area contributed by atoms with E-state index in [-0.39, 0.29) is 23.0 Å². The van der Waals surface area contributed by atoms with Gasteiger partial charge in [-0.2, -0.15) is 0 Å². The maximum Gasteiger partial charge on any atom is 0.303 e. The number of hydrogen-bond acceptors (Lipinski definition) is 3. The highest BCUT2D eigenvalue weighted by Crippen LogP contribution is 2.21. The van der Waals surface area contributed by atoms with Crippen molar-refractivity contribution in [2.45, 2.75) is 6.92 Å². The molecule has 0 aromatic heterocycles. The van der Waals surface area contributed by atoms with E-state index in [1.54, 1.807) is 6.07 Å². The van der Waals surface area contributed by atoms with Gasteiger partial charge >= 0.3 is 5.97 Å². The van der Waals surface area contributed by atoms with Crippen LogP contribution in [0.2, 0.25) is 10.0 Å². The van der Waals surface area contributed by atoms with Gasteiger partial charge in [-0.15, -0.1) is 0 Å². The molecule has 0 saturated carbocycles. The van der Waals surface area contributed by atoms with Gasteiger partial charge in [-0.25, -0.2) is 0 Å². The van der Waals surface area contributed by atoms with Crippen LogP contribution in [0.25, 0.3) is 0 Å². The fraction of sp³-hybridized carbons (Fsp3) is 0.200. The monoisotopic (exact) mass is 246 g/mol. The van der Waals surface area contributed by atoms with Gasteiger partial charge in [-0.3, -0.25) is 9.59 Å². The first kappa shape index (κ1) is 12.0. The van der Waals surface area contributed by atoms with Crippen LogP contribution >= 0.6 is 23.2 Å². The predicted molar refractivity (Wildman–Crippen MR) is 57.4 cm³/mol. The Balaban J connectivity index is 2.81. The molecule has 0 amide bonds. The van der Waals surface area contributed by atoms with Gasteiger partial charge in [0.25, 0.3) is 0 Å². The standard InChI is InChI=1S/C10H8Cl2O3/c1-6(13)15-5-10(14)8-4-7(11)2-3-9(8)12/h2-4H,5H2,1H3. The van der Waals surface area contributed by atoms with E-state index in [0.717, 1.165) is 0 Å². The van der Waals surface area contributed by atoms with Gasteiger partial charge in [0.05, 0.1) is 5.02 Å². The molecule has 15 heavy (non-hydrogen) atoms. The maximum absolute atomic E-state index is 11.5. The lowest BCUT2D eigenvalue weighted by Gasteiger charge is -2.04. The normalized spacial score (nSPS) is 9.80. The Morgan fingerprint density at radius 2 is 2.00 bits per heavy atom. The average molecular weight is 247 g/mol. The second-order valence-electron chi connectivity index (χ2n) is 2.83. The molecule has 0 unspecified atom stereocenters. The van der Waals surface area contributed by atoms with Crippen LogP contribution in [0, 0.1) is 0 Å². The second kappa shape index (κ2) is 5.14. The summed E-state index contributed by atoms with van der Waals surface area (Å²) in [5, 5.41) is 0.696. The van der Waals surface area contributed by atoms with E-state index in [0.29, 0.717) is 5.02 Å². The summed E-state index contributed by atoms with van der Waals surface area (Å²) in [6.45, 7) is 0.905. The molecule has 0 radical (unpaired) electrons. The van der Waals surface area contributed by atoms with E-state index < -0.39 is 5.97 Å². The number of halogens is 2. The number of carbonyl (C=O) groups is 2. The van der Waals surface area contributed by atoms with Gasteiger partial charge in [0.2, 0.25) is 5.78 Å². The third kappa shape index (κ3) is 3.53. The molecule has 0 saturated heterocycles. The van der Waals surface area contributed by atoms with Crippen molar-refractivity contribution in [2.24, 2.45) is 0 Å². The van der Waals surface area contributed by atoms with Crippen molar-refractivity contribution >= 4 is 35.0 Å². The summed E-state index contributed by atoms with van der Waals surface area (Å²) in [7, 11) is 0. The first-order valence-corrected chi connectivity index (χ1v) is 4.88. The summed E-state index contributed by atoms with van der Waals surface area (Å²) in [5.41, 5.74) is 0.255. The van der Waals surface area contributed by atoms with E-state index in [1.807, 2.05) is 0 Å². The van der Waals surface area contributed by atoms with Gasteiger partial charge in [0, 0.05) is 17.5 Å². The number of carbonyl (C=O) groups excluding carboxylic acids is 2. The van der Waals surface area contributed by atoms with Crippen molar-refractivity contribution in [2.75, 3.05) is 6.61 Å². The Kier molecular flexibility index (Phi) is 4.12. The van der Waals surface area contributed by atoms with Crippen LogP contribution in [0.1, 0.15) is 17.3 Å². The van der Waals surface area contributed by atoms with Gasteiger partial charge < -0.3 is 4.74 Å². The van der Waals surface area contributed by atoms with Crippen molar-refractivity contribution in [3.05, 3.63) is 33.8 Å². The van der Waals surface area contributed by atoms with E-state index in [1.165, 1.54) is 19.1 Å². The lowest BCUT2D eigenvalue weighted by molar-refractivity contribution is -0.139. The Labute approximate surface area is 96.9 Å². The molecule has 0 aliphatic rings. The van der Waals surface area contributed by atoms with Crippen LogP contribution in [0.3, 0.4) is 0 Å². The number of benzene rings is 1. The Hall–Kier alpha value is -1.06. The molecule has 0 aliphatic heterocycles. The summed E-state index contributed by atoms with van der Waals surface area (Å²) in [4.78, 5) is 22.0. The number of ketones is 1. The van der Waals surface area contributed by atoms with Gasteiger partial charge in [0.15, 0.2) is 6.61 Å². The first-order chi connectivity index (χ1) is 7.00. The van der Waals surface area contributed by atoms with Crippen molar-refractivity contribution in [3.8, 4) is 0 Å². The lowest BCUT2D eigenvalue weighted by Crippen LogP contribution is -2.12. The van der Waals surface area contributed by atoms with Crippen molar-refractivity contribution in [1.82, 2.24) is 0 Å². The molecule has 0 atom stereocenters. The second-order valence-corrected chi connectivity index (χ2v) is 3.67. The number of Topliss-reactive ketones (excluding diaryl/α,β-unsaturated/α-hetero) is 1. The van der Waals surface area contributed by atoms with E-state index in [2.05, 4.69) is 4.74 Å². The summed E-state index contributed by atoms with van der Waals surface area (Å²) in [5.74, 6) is -0.890. The largest absolute Gasteiger partial charge is 0.457 e. The molecule has 0 bridgehead atoms. The van der Waals surface area contributed by atoms with Crippen LogP contribution in [-0.4, -0.2) is 18.4 Å². The summed E-state index contributed by atoms with van der Waals surface area (Å²) < 4.78 is 4.56. The molecule has 3 nitrogen and oxygen atoms in total. The van der Waals surface area contributed by atoms with Crippen molar-refractivity contribution in [3.63, 3.8) is 0 Å². The molecule has 0 aliphatic carbocycles. The molecule has 0 spiro atoms. The number of ether oxygens (including phenoxy) is 1. The van der Waals surface area contributed by atoms with E-state index in [4.69, 9.17) is 23.2 Å². The first-order valence-electron chi connectivity index (χ1n) is 4.12. The zero-order chi connectivity index (χ0) is 11.4. The van der Waals surface area contributed by atoms with Gasteiger partial charge in [-0.05, 0) is 18.2 Å². The predicted octanol–water partition coefficient (Wildman–Crippen LogP) is 2.74. The van der Waals surface area contributed by atoms with Crippen molar-refractivity contribution < 1.29 is 14.3 Å². The van der Waals surface area contributed by atoms with E-state index in [9.17, 15) is 9.59 Å². The Morgan fingerprint density at radius 1 is 1.33 bits per heavy atom. The highest BCUT2D eigenvalue weighted by Gasteiger charge is 2.12. The highest BCUT2D eigenvalue weighted by atomic mass is 35.5. The molecule has 1 aromatic rings. The molecule has 1 aromatic carbocycles. The number of esters is 1. The van der Waals surface area contributed by atoms with Crippen LogP contribution in [0.4, 0.5) is 0 Å². The average Bonchev–Trinajstić information content (AvgIpc) is 2.18. The quantitative estimate of drug-likeness (QED) is 0.609. The molecule has 80 valence electrons. The molecule has 0 fully saturated rings. The minimum absolute atomic E-state index is 0.255. The lowest BCUT2D eigenvalue weighted by atomic mass is 10.1. The molecule has 1 rings (SSSR count). The summed E-state index contributed by atoms with van der Waals surface area (Å²) >= 11 is 11.5. The smallest absolute Gasteiger partial charge is 0.303 e. The maximum atomic E-state index is 11.5. The summed E-state index contributed by atoms with van der Waals surface area (Å²) in [6, 6.07) is 4.53. The van der Waals surface area contributed by atoms with Crippen LogP contribution in [0.15, 0.2) is 18.2 Å². The highest BCUT2D eigenvalue weighted by molar-refractivity contribution is 6.36. The zero-order valence-electron chi connectivity index (χ0n) is 7.92. The molecular formula is C10H8Cl2O3. The van der Waals surface area contributed by atoms with Gasteiger partial charge in [-0.1, -0.05) is 23.2 Å². The Morgan fingerprint density at radius 3 is 2.60 bits per heavy atom. The van der Waals surface area contributed by atoms with E-state index >= 15 is 0 Å². The fourth-order valence-electron chi connectivity index (χ4n) is 0.956. The Bertz CT molecular complexity index is 402. The van der Waals surface area contributed by atoms with Crippen LogP contribution in [0.5, 0.6) is 0 Å².